The molecule has 1 N–H and O–H groups in total. The molecule has 5 heteroatoms. The Bertz CT molecular complexity index is 658. The fourth-order valence-corrected chi connectivity index (χ4v) is 4.97. The minimum Gasteiger partial charge on any atom is -0.493 e. The van der Waals surface area contributed by atoms with Crippen molar-refractivity contribution in [3.8, 4) is 11.5 Å². The van der Waals surface area contributed by atoms with Gasteiger partial charge in [-0.15, -0.1) is 0 Å². The van der Waals surface area contributed by atoms with E-state index < -0.39 is 0 Å². The summed E-state index contributed by atoms with van der Waals surface area (Å²) in [4.78, 5) is 14.8. The molecule has 2 fully saturated rings. The summed E-state index contributed by atoms with van der Waals surface area (Å²) in [5.74, 6) is 1.38. The molecule has 2 bridgehead atoms. The van der Waals surface area contributed by atoms with Gasteiger partial charge in [-0.2, -0.15) is 0 Å². The number of nitrogens with one attached hydrogen (secondary N) is 1. The van der Waals surface area contributed by atoms with Gasteiger partial charge in [0.05, 0.1) is 14.2 Å². The van der Waals surface area contributed by atoms with Crippen molar-refractivity contribution in [2.45, 2.75) is 52.6 Å². The molecule has 1 saturated heterocycles. The van der Waals surface area contributed by atoms with Crippen LogP contribution in [0.1, 0.15) is 45.6 Å². The minimum atomic E-state index is 0.0428. The van der Waals surface area contributed by atoms with E-state index in [1.165, 1.54) is 6.42 Å². The van der Waals surface area contributed by atoms with Crippen LogP contribution in [0.3, 0.4) is 0 Å². The molecule has 2 atom stereocenters. The Hall–Kier alpha value is -1.91. The topological polar surface area (TPSA) is 50.8 Å². The average Bonchev–Trinajstić information content (AvgIpc) is 2.81. The Morgan fingerprint density at radius 1 is 1.20 bits per heavy atom. The monoisotopic (exact) mass is 346 g/mol. The lowest BCUT2D eigenvalue weighted by Crippen LogP contribution is -2.43. The van der Waals surface area contributed by atoms with Crippen molar-refractivity contribution in [2.24, 2.45) is 10.8 Å². The van der Waals surface area contributed by atoms with Gasteiger partial charge in [0.25, 0.3) is 0 Å². The summed E-state index contributed by atoms with van der Waals surface area (Å²) >= 11 is 0. The molecule has 1 heterocycles. The van der Waals surface area contributed by atoms with Crippen molar-refractivity contribution in [3.05, 3.63) is 23.8 Å². The zero-order chi connectivity index (χ0) is 18.2. The van der Waals surface area contributed by atoms with E-state index >= 15 is 0 Å². The predicted molar refractivity (Wildman–Crippen MR) is 98.0 cm³/mol. The average molecular weight is 346 g/mol. The summed E-state index contributed by atoms with van der Waals surface area (Å²) < 4.78 is 10.6. The highest BCUT2D eigenvalue weighted by Gasteiger charge is 2.50. The number of methoxy groups -OCH3 is 2. The first-order valence-electron chi connectivity index (χ1n) is 9.01. The van der Waals surface area contributed by atoms with Gasteiger partial charge < -0.3 is 19.7 Å². The molecule has 1 aliphatic carbocycles. The molecule has 1 aromatic carbocycles. The van der Waals surface area contributed by atoms with Gasteiger partial charge >= 0.3 is 6.03 Å². The first-order valence-corrected chi connectivity index (χ1v) is 9.01. The number of carbonyl (C=O) groups excluding carboxylic acids is 1. The smallest absolute Gasteiger partial charge is 0.317 e. The molecule has 1 aromatic rings. The van der Waals surface area contributed by atoms with Crippen LogP contribution in [0, 0.1) is 10.8 Å². The number of hydrogen-bond donors (Lipinski definition) is 1. The predicted octanol–water partition coefficient (Wildman–Crippen LogP) is 3.81. The Kier molecular flexibility index (Phi) is 4.60. The van der Waals surface area contributed by atoms with Crippen molar-refractivity contribution >= 4 is 6.03 Å². The third-order valence-corrected chi connectivity index (χ3v) is 5.57. The quantitative estimate of drug-likeness (QED) is 0.902. The molecular weight excluding hydrogens is 316 g/mol. The Morgan fingerprint density at radius 3 is 2.60 bits per heavy atom. The number of hydrogen-bond acceptors (Lipinski definition) is 3. The first-order chi connectivity index (χ1) is 11.8. The summed E-state index contributed by atoms with van der Waals surface area (Å²) in [5.41, 5.74) is 1.57. The largest absolute Gasteiger partial charge is 0.493 e. The second-order valence-corrected chi connectivity index (χ2v) is 8.69. The summed E-state index contributed by atoms with van der Waals surface area (Å²) in [7, 11) is 3.24. The van der Waals surface area contributed by atoms with Crippen molar-refractivity contribution < 1.29 is 14.3 Å². The third kappa shape index (κ3) is 3.70. The van der Waals surface area contributed by atoms with Crippen LogP contribution >= 0.6 is 0 Å². The fourth-order valence-electron chi connectivity index (χ4n) is 4.97. The number of amides is 2. The Labute approximate surface area is 150 Å². The van der Waals surface area contributed by atoms with Gasteiger partial charge in [0.2, 0.25) is 0 Å². The van der Waals surface area contributed by atoms with E-state index in [1.54, 1.807) is 14.2 Å². The van der Waals surface area contributed by atoms with Crippen LogP contribution in [0.15, 0.2) is 18.2 Å². The van der Waals surface area contributed by atoms with E-state index in [1.807, 2.05) is 18.2 Å². The normalized spacial score (nSPS) is 27.1. The second kappa shape index (κ2) is 6.43. The zero-order valence-electron chi connectivity index (χ0n) is 16.0. The van der Waals surface area contributed by atoms with Gasteiger partial charge in [0, 0.05) is 19.1 Å². The second-order valence-electron chi connectivity index (χ2n) is 8.69. The van der Waals surface area contributed by atoms with E-state index in [-0.39, 0.29) is 11.4 Å². The van der Waals surface area contributed by atoms with Crippen LogP contribution in [0.5, 0.6) is 11.5 Å². The number of nitrogens with zero attached hydrogens (tertiary/aromatic N) is 1. The number of fused-ring (bicyclic) bond motifs is 2. The molecule has 0 aromatic heterocycles. The van der Waals surface area contributed by atoms with Crippen LogP contribution in [-0.2, 0) is 6.54 Å². The van der Waals surface area contributed by atoms with Crippen molar-refractivity contribution in [2.75, 3.05) is 20.8 Å². The van der Waals surface area contributed by atoms with Gasteiger partial charge in [0.15, 0.2) is 11.5 Å². The lowest BCUT2D eigenvalue weighted by molar-refractivity contribution is 0.129. The highest BCUT2D eigenvalue weighted by molar-refractivity contribution is 5.75. The molecule has 0 radical (unpaired) electrons. The minimum absolute atomic E-state index is 0.0428. The van der Waals surface area contributed by atoms with E-state index in [2.05, 4.69) is 31.0 Å². The molecule has 2 amide bonds. The fraction of sp³-hybridized carbons (Fsp3) is 0.650. The maximum atomic E-state index is 12.8. The molecule has 25 heavy (non-hydrogen) atoms. The molecule has 1 saturated carbocycles. The van der Waals surface area contributed by atoms with E-state index in [0.29, 0.717) is 29.5 Å². The Balaban J connectivity index is 1.64. The van der Waals surface area contributed by atoms with Crippen molar-refractivity contribution in [1.29, 1.82) is 0 Å². The maximum absolute atomic E-state index is 12.8. The van der Waals surface area contributed by atoms with Gasteiger partial charge in [-0.25, -0.2) is 4.79 Å². The van der Waals surface area contributed by atoms with E-state index in [4.69, 9.17) is 9.47 Å². The molecule has 3 rings (SSSR count). The number of rotatable bonds is 4. The standard InChI is InChI=1S/C20H30N2O3/c1-19(2)9-15-10-20(3,12-19)13-22(15)18(23)21-11-14-6-7-16(24-4)17(8-14)25-5/h6-8,15H,9-13H2,1-5H3,(H,21,23). The van der Waals surface area contributed by atoms with Gasteiger partial charge in [-0.05, 0) is 47.8 Å². The molecule has 1 aliphatic heterocycles. The highest BCUT2D eigenvalue weighted by atomic mass is 16.5. The van der Waals surface area contributed by atoms with Gasteiger partial charge in [0.1, 0.15) is 0 Å². The molecule has 2 aliphatic rings. The van der Waals surface area contributed by atoms with Crippen molar-refractivity contribution in [1.82, 2.24) is 10.2 Å². The lowest BCUT2D eigenvalue weighted by atomic mass is 9.65. The number of benzene rings is 1. The summed E-state index contributed by atoms with van der Waals surface area (Å²) in [6.45, 7) is 8.31. The Morgan fingerprint density at radius 2 is 1.92 bits per heavy atom. The van der Waals surface area contributed by atoms with E-state index in [9.17, 15) is 4.79 Å². The van der Waals surface area contributed by atoms with Crippen LogP contribution in [-0.4, -0.2) is 37.7 Å². The van der Waals surface area contributed by atoms with Crippen molar-refractivity contribution in [3.63, 3.8) is 0 Å². The zero-order valence-corrected chi connectivity index (χ0v) is 16.0. The summed E-state index contributed by atoms with van der Waals surface area (Å²) in [5, 5.41) is 3.08. The SMILES string of the molecule is COc1ccc(CNC(=O)N2CC3(C)CC2CC(C)(C)C3)cc1OC. The molecular formula is C20H30N2O3. The molecule has 5 nitrogen and oxygen atoms in total. The first kappa shape index (κ1) is 17.9. The van der Waals surface area contributed by atoms with Gasteiger partial charge in [-0.3, -0.25) is 0 Å². The number of urea groups is 1. The van der Waals surface area contributed by atoms with Crippen LogP contribution < -0.4 is 14.8 Å². The number of carbonyl (C=O) groups is 1. The van der Waals surface area contributed by atoms with E-state index in [0.717, 1.165) is 24.9 Å². The van der Waals surface area contributed by atoms with Crippen LogP contribution in [0.4, 0.5) is 4.79 Å². The molecule has 138 valence electrons. The van der Waals surface area contributed by atoms with Gasteiger partial charge in [-0.1, -0.05) is 26.8 Å². The maximum Gasteiger partial charge on any atom is 0.317 e. The number of ether oxygens (including phenoxy) is 2. The number of likely N-dealkylation sites (tertiary alicyclic amines) is 1. The highest BCUT2D eigenvalue weighted by Crippen LogP contribution is 2.52. The molecule has 0 spiro atoms. The molecule has 2 unspecified atom stereocenters. The van der Waals surface area contributed by atoms with Crippen LogP contribution in [0.25, 0.3) is 0 Å². The summed E-state index contributed by atoms with van der Waals surface area (Å²) in [6, 6.07) is 6.13. The summed E-state index contributed by atoms with van der Waals surface area (Å²) in [6.07, 6.45) is 3.41. The van der Waals surface area contributed by atoms with Crippen LogP contribution in [0.2, 0.25) is 0 Å². The lowest BCUT2D eigenvalue weighted by Gasteiger charge is -2.39. The third-order valence-electron chi connectivity index (χ3n) is 5.57.